The maximum absolute atomic E-state index is 13.0. The molecule has 90 valence electrons. The van der Waals surface area contributed by atoms with E-state index in [2.05, 4.69) is 4.36 Å². The van der Waals surface area contributed by atoms with Crippen molar-refractivity contribution in [1.82, 2.24) is 0 Å². The van der Waals surface area contributed by atoms with Gasteiger partial charge in [0, 0.05) is 11.9 Å². The number of rotatable bonds is 2. The molecule has 2 nitrogen and oxygen atoms in total. The first-order valence-corrected chi connectivity index (χ1v) is 7.88. The van der Waals surface area contributed by atoms with Crippen molar-refractivity contribution in [2.75, 3.05) is 13.3 Å². The van der Waals surface area contributed by atoms with Gasteiger partial charge in [0.25, 0.3) is 0 Å². The molecule has 1 aromatic carbocycles. The molecule has 0 aliphatic carbocycles. The van der Waals surface area contributed by atoms with E-state index in [-0.39, 0.29) is 4.75 Å². The highest BCUT2D eigenvalue weighted by molar-refractivity contribution is 8.00. The highest BCUT2D eigenvalue weighted by Gasteiger charge is 2.29. The first-order chi connectivity index (χ1) is 7.36. The molecule has 1 aromatic rings. The number of thioether (sulfide) groups is 1. The van der Waals surface area contributed by atoms with E-state index in [1.807, 2.05) is 51.3 Å². The first kappa shape index (κ1) is 13.6. The summed E-state index contributed by atoms with van der Waals surface area (Å²) in [6.07, 6.45) is 2.00. The summed E-state index contributed by atoms with van der Waals surface area (Å²) in [5, 5.41) is 0. The summed E-state index contributed by atoms with van der Waals surface area (Å²) in [5.41, 5.74) is 0. The van der Waals surface area contributed by atoms with Crippen LogP contribution in [-0.2, 0) is 9.73 Å². The third-order valence-corrected chi connectivity index (χ3v) is 6.51. The molecule has 0 aromatic heterocycles. The van der Waals surface area contributed by atoms with E-state index in [1.54, 1.807) is 18.8 Å². The Balaban J connectivity index is 3.54. The maximum Gasteiger partial charge on any atom is 0.0810 e. The van der Waals surface area contributed by atoms with Crippen LogP contribution in [0.1, 0.15) is 20.8 Å². The molecule has 0 amide bonds. The molecule has 0 N–H and O–H groups in total. The Bertz CT molecular complexity index is 480. The summed E-state index contributed by atoms with van der Waals surface area (Å²) in [5.74, 6) is 0. The minimum absolute atomic E-state index is 0.354. The van der Waals surface area contributed by atoms with Gasteiger partial charge < -0.3 is 0 Å². The number of nitrogens with zero attached hydrogens (tertiary/aromatic N) is 1. The Labute approximate surface area is 103 Å². The Hall–Kier alpha value is -0.480. The van der Waals surface area contributed by atoms with Crippen LogP contribution >= 0.6 is 11.8 Å². The Kier molecular flexibility index (Phi) is 4.07. The minimum atomic E-state index is -2.36. The summed E-state index contributed by atoms with van der Waals surface area (Å²) in [6, 6.07) is 7.81. The zero-order valence-corrected chi connectivity index (χ0v) is 12.1. The molecule has 0 aliphatic heterocycles. The molecule has 0 fully saturated rings. The van der Waals surface area contributed by atoms with Crippen molar-refractivity contribution < 1.29 is 4.21 Å². The third-order valence-electron chi connectivity index (χ3n) is 2.45. The van der Waals surface area contributed by atoms with Crippen LogP contribution in [0.2, 0.25) is 0 Å². The normalized spacial score (nSPS) is 15.6. The third kappa shape index (κ3) is 2.28. The average molecular weight is 257 g/mol. The molecular weight excluding hydrogens is 238 g/mol. The van der Waals surface area contributed by atoms with Gasteiger partial charge in [-0.1, -0.05) is 12.1 Å². The summed E-state index contributed by atoms with van der Waals surface area (Å²) in [7, 11) is -0.717. The molecule has 1 rings (SSSR count). The molecule has 1 atom stereocenters. The molecular formula is C12H19NOS2. The second kappa shape index (κ2) is 4.80. The summed E-state index contributed by atoms with van der Waals surface area (Å²) < 4.78 is 16.8. The second-order valence-electron chi connectivity index (χ2n) is 4.47. The highest BCUT2D eigenvalue weighted by atomic mass is 32.2. The van der Waals surface area contributed by atoms with Crippen molar-refractivity contribution in [3.63, 3.8) is 0 Å². The van der Waals surface area contributed by atoms with Gasteiger partial charge in [-0.05, 0) is 39.2 Å². The Morgan fingerprint density at radius 2 is 1.81 bits per heavy atom. The van der Waals surface area contributed by atoms with E-state index < -0.39 is 9.73 Å². The van der Waals surface area contributed by atoms with Crippen LogP contribution in [0.5, 0.6) is 0 Å². The quantitative estimate of drug-likeness (QED) is 0.757. The van der Waals surface area contributed by atoms with E-state index >= 15 is 0 Å². The molecule has 0 aliphatic rings. The van der Waals surface area contributed by atoms with Gasteiger partial charge in [-0.15, -0.1) is 11.8 Å². The summed E-state index contributed by atoms with van der Waals surface area (Å²) in [4.78, 5) is 1.91. The molecule has 1 unspecified atom stereocenters. The number of hydrogen-bond acceptors (Lipinski definition) is 3. The van der Waals surface area contributed by atoms with Crippen molar-refractivity contribution in [3.8, 4) is 0 Å². The SMILES string of the molecule is CN=S(=O)(c1ccccc1SC)C(C)(C)C. The van der Waals surface area contributed by atoms with Gasteiger partial charge in [0.05, 0.1) is 19.4 Å². The molecule has 0 bridgehead atoms. The van der Waals surface area contributed by atoms with Gasteiger partial charge in [-0.25, -0.2) is 8.57 Å². The van der Waals surface area contributed by atoms with Crippen LogP contribution in [-0.4, -0.2) is 22.3 Å². The fourth-order valence-electron chi connectivity index (χ4n) is 1.55. The van der Waals surface area contributed by atoms with Crippen LogP contribution in [0.15, 0.2) is 38.4 Å². The summed E-state index contributed by atoms with van der Waals surface area (Å²) >= 11 is 1.61. The van der Waals surface area contributed by atoms with E-state index in [4.69, 9.17) is 0 Å². The number of hydrogen-bond donors (Lipinski definition) is 0. The average Bonchev–Trinajstić information content (AvgIpc) is 2.26. The van der Waals surface area contributed by atoms with Gasteiger partial charge in [0.1, 0.15) is 0 Å². The van der Waals surface area contributed by atoms with E-state index in [9.17, 15) is 4.21 Å². The molecule has 0 spiro atoms. The first-order valence-electron chi connectivity index (χ1n) is 5.14. The van der Waals surface area contributed by atoms with Gasteiger partial charge >= 0.3 is 0 Å². The monoisotopic (exact) mass is 257 g/mol. The highest BCUT2D eigenvalue weighted by Crippen LogP contribution is 2.33. The maximum atomic E-state index is 13.0. The fraction of sp³-hybridized carbons (Fsp3) is 0.500. The Morgan fingerprint density at radius 1 is 1.25 bits per heavy atom. The number of benzene rings is 1. The molecule has 4 heteroatoms. The van der Waals surface area contributed by atoms with Crippen molar-refractivity contribution in [2.45, 2.75) is 35.3 Å². The van der Waals surface area contributed by atoms with Gasteiger partial charge in [0.15, 0.2) is 0 Å². The summed E-state index contributed by atoms with van der Waals surface area (Å²) in [6.45, 7) is 5.92. The lowest BCUT2D eigenvalue weighted by Gasteiger charge is -2.25. The molecule has 0 saturated carbocycles. The van der Waals surface area contributed by atoms with Crippen LogP contribution < -0.4 is 0 Å². The molecule has 16 heavy (non-hydrogen) atoms. The minimum Gasteiger partial charge on any atom is -0.244 e. The van der Waals surface area contributed by atoms with Crippen LogP contribution in [0.4, 0.5) is 0 Å². The topological polar surface area (TPSA) is 29.4 Å². The second-order valence-corrected chi connectivity index (χ2v) is 8.40. The smallest absolute Gasteiger partial charge is 0.0810 e. The van der Waals surface area contributed by atoms with Crippen molar-refractivity contribution in [1.29, 1.82) is 0 Å². The van der Waals surface area contributed by atoms with E-state index in [1.165, 1.54) is 0 Å². The molecule has 0 heterocycles. The van der Waals surface area contributed by atoms with E-state index in [0.717, 1.165) is 9.79 Å². The van der Waals surface area contributed by atoms with E-state index in [0.29, 0.717) is 0 Å². The van der Waals surface area contributed by atoms with Crippen molar-refractivity contribution in [2.24, 2.45) is 4.36 Å². The van der Waals surface area contributed by atoms with Crippen molar-refractivity contribution in [3.05, 3.63) is 24.3 Å². The zero-order chi connectivity index (χ0) is 12.4. The van der Waals surface area contributed by atoms with Crippen molar-refractivity contribution >= 4 is 21.5 Å². The van der Waals surface area contributed by atoms with Gasteiger partial charge in [-0.2, -0.15) is 0 Å². The lowest BCUT2D eigenvalue weighted by Crippen LogP contribution is -2.28. The standard InChI is InChI=1S/C12H19NOS2/c1-12(2,3)16(14,13-4)11-9-7-6-8-10(11)15-5/h6-9H,1-5H3. The van der Waals surface area contributed by atoms with Crippen LogP contribution in [0.3, 0.4) is 0 Å². The molecule has 0 radical (unpaired) electrons. The van der Waals surface area contributed by atoms with Crippen LogP contribution in [0.25, 0.3) is 0 Å². The van der Waals surface area contributed by atoms with Gasteiger partial charge in [0.2, 0.25) is 0 Å². The van der Waals surface area contributed by atoms with Gasteiger partial charge in [-0.3, -0.25) is 0 Å². The largest absolute Gasteiger partial charge is 0.244 e. The lowest BCUT2D eigenvalue weighted by molar-refractivity contribution is 0.637. The molecule has 0 saturated heterocycles. The fourth-order valence-corrected chi connectivity index (χ4v) is 4.63. The Morgan fingerprint density at radius 3 is 2.25 bits per heavy atom. The zero-order valence-electron chi connectivity index (χ0n) is 10.5. The predicted molar refractivity (Wildman–Crippen MR) is 72.7 cm³/mol. The van der Waals surface area contributed by atoms with Crippen LogP contribution in [0, 0.1) is 0 Å². The lowest BCUT2D eigenvalue weighted by atomic mass is 10.3. The predicted octanol–water partition coefficient (Wildman–Crippen LogP) is 3.66.